The van der Waals surface area contributed by atoms with Crippen LogP contribution in [0.25, 0.3) is 10.8 Å². The highest BCUT2D eigenvalue weighted by molar-refractivity contribution is 5.97. The van der Waals surface area contributed by atoms with Crippen LogP contribution < -0.4 is 11.5 Å². The molecule has 0 spiro atoms. The predicted octanol–water partition coefficient (Wildman–Crippen LogP) is 1.91. The molecular weight excluding hydrogens is 206 g/mol. The molecule has 80 valence electrons. The normalized spacial score (nSPS) is 10.6. The van der Waals surface area contributed by atoms with Gasteiger partial charge in [0.1, 0.15) is 0 Å². The topological polar surface area (TPSA) is 91.5 Å². The Bertz CT molecular complexity index is 566. The van der Waals surface area contributed by atoms with Gasteiger partial charge in [-0.2, -0.15) is 0 Å². The van der Waals surface area contributed by atoms with Crippen LogP contribution in [0.15, 0.2) is 30.3 Å². The minimum absolute atomic E-state index is 0.290. The molecular formula is C11H9N3O2. The van der Waals surface area contributed by atoms with E-state index in [0.717, 1.165) is 10.9 Å². The van der Waals surface area contributed by atoms with Crippen LogP contribution in [0.4, 0.5) is 11.4 Å². The fraction of sp³-hybridized carbons (Fsp3) is 0.0909. The van der Waals surface area contributed by atoms with Gasteiger partial charge in [0.25, 0.3) is 5.69 Å². The summed E-state index contributed by atoms with van der Waals surface area (Å²) >= 11 is 0. The Hall–Kier alpha value is -2.14. The summed E-state index contributed by atoms with van der Waals surface area (Å²) in [5.74, 6) is 0. The summed E-state index contributed by atoms with van der Waals surface area (Å²) in [5, 5.41) is 11.8. The second-order valence-electron chi connectivity index (χ2n) is 3.41. The standard InChI is InChI=1S/C11H9N3O2/c12-6-7-2-1-3-9-8(7)4-5-10(11(9)13)14(15)16/h1-5H,6,12H2. The van der Waals surface area contributed by atoms with Crippen molar-refractivity contribution in [2.75, 3.05) is 0 Å². The summed E-state index contributed by atoms with van der Waals surface area (Å²) in [4.78, 5) is 10.0. The molecule has 2 rings (SSSR count). The molecule has 5 nitrogen and oxygen atoms in total. The lowest BCUT2D eigenvalue weighted by Gasteiger charge is -2.05. The first kappa shape index (κ1) is 10.4. The summed E-state index contributed by atoms with van der Waals surface area (Å²) < 4.78 is 0. The molecule has 0 fully saturated rings. The van der Waals surface area contributed by atoms with E-state index in [-0.39, 0.29) is 11.4 Å². The van der Waals surface area contributed by atoms with Gasteiger partial charge < -0.3 is 5.73 Å². The van der Waals surface area contributed by atoms with Crippen LogP contribution in [0.2, 0.25) is 0 Å². The van der Waals surface area contributed by atoms with Crippen LogP contribution in [0, 0.1) is 10.1 Å². The molecule has 0 heterocycles. The molecule has 2 radical (unpaired) electrons. The maximum Gasteiger partial charge on any atom is 0.297 e. The number of rotatable bonds is 2. The molecule has 2 aromatic carbocycles. The SMILES string of the molecule is [N]c1c([N+](=O)[O-])ccc2c(CN)cccc12. The molecule has 2 aromatic rings. The molecule has 2 N–H and O–H groups in total. The van der Waals surface area contributed by atoms with Crippen LogP contribution in [0.3, 0.4) is 0 Å². The zero-order valence-electron chi connectivity index (χ0n) is 8.38. The minimum Gasteiger partial charge on any atom is -0.326 e. The van der Waals surface area contributed by atoms with Crippen LogP contribution in [-0.2, 0) is 6.54 Å². The molecule has 0 aliphatic heterocycles. The Morgan fingerprint density at radius 2 is 2.00 bits per heavy atom. The van der Waals surface area contributed by atoms with Gasteiger partial charge in [-0.3, -0.25) is 10.1 Å². The van der Waals surface area contributed by atoms with Crippen LogP contribution >= 0.6 is 0 Å². The first-order valence-corrected chi connectivity index (χ1v) is 4.73. The van der Waals surface area contributed by atoms with Crippen molar-refractivity contribution < 1.29 is 4.92 Å². The van der Waals surface area contributed by atoms with Crippen LogP contribution in [-0.4, -0.2) is 4.92 Å². The predicted molar refractivity (Wildman–Crippen MR) is 60.3 cm³/mol. The molecule has 0 saturated carbocycles. The maximum atomic E-state index is 10.6. The van der Waals surface area contributed by atoms with Crippen LogP contribution in [0.1, 0.15) is 5.56 Å². The fourth-order valence-corrected chi connectivity index (χ4v) is 1.72. The Balaban J connectivity index is 2.81. The van der Waals surface area contributed by atoms with Crippen molar-refractivity contribution in [2.24, 2.45) is 5.73 Å². The summed E-state index contributed by atoms with van der Waals surface area (Å²) in [5.41, 5.74) is 15.6. The lowest BCUT2D eigenvalue weighted by Crippen LogP contribution is -1.98. The molecule has 0 aliphatic carbocycles. The maximum absolute atomic E-state index is 10.6. The third-order valence-corrected chi connectivity index (χ3v) is 2.52. The Morgan fingerprint density at radius 1 is 1.25 bits per heavy atom. The molecule has 5 heteroatoms. The van der Waals surface area contributed by atoms with E-state index in [4.69, 9.17) is 5.73 Å². The summed E-state index contributed by atoms with van der Waals surface area (Å²) in [6.45, 7) is 0.328. The smallest absolute Gasteiger partial charge is 0.297 e. The van der Waals surface area contributed by atoms with E-state index in [2.05, 4.69) is 0 Å². The number of benzene rings is 2. The molecule has 0 bridgehead atoms. The van der Waals surface area contributed by atoms with E-state index in [0.29, 0.717) is 11.9 Å². The summed E-state index contributed by atoms with van der Waals surface area (Å²) in [7, 11) is 0. The number of nitro groups is 1. The average molecular weight is 215 g/mol. The van der Waals surface area contributed by atoms with Gasteiger partial charge in [-0.15, -0.1) is 5.73 Å². The molecule has 0 amide bonds. The zero-order chi connectivity index (χ0) is 11.7. The van der Waals surface area contributed by atoms with Gasteiger partial charge in [0, 0.05) is 18.0 Å². The van der Waals surface area contributed by atoms with Crippen molar-refractivity contribution in [3.63, 3.8) is 0 Å². The largest absolute Gasteiger partial charge is 0.326 e. The van der Waals surface area contributed by atoms with Crippen LogP contribution in [0.5, 0.6) is 0 Å². The second-order valence-corrected chi connectivity index (χ2v) is 3.41. The quantitative estimate of drug-likeness (QED) is 0.612. The third kappa shape index (κ3) is 1.47. The van der Waals surface area contributed by atoms with Gasteiger partial charge in [0.2, 0.25) is 0 Å². The number of nitrogens with zero attached hydrogens (tertiary/aromatic N) is 2. The molecule has 0 unspecified atom stereocenters. The Labute approximate surface area is 91.8 Å². The van der Waals surface area contributed by atoms with E-state index < -0.39 is 4.92 Å². The van der Waals surface area contributed by atoms with Gasteiger partial charge in [0.05, 0.1) is 4.92 Å². The first-order valence-electron chi connectivity index (χ1n) is 4.73. The highest BCUT2D eigenvalue weighted by atomic mass is 16.6. The van der Waals surface area contributed by atoms with Gasteiger partial charge in [-0.25, -0.2) is 0 Å². The van der Waals surface area contributed by atoms with E-state index in [1.165, 1.54) is 6.07 Å². The Morgan fingerprint density at radius 3 is 2.62 bits per heavy atom. The minimum atomic E-state index is -0.607. The first-order chi connectivity index (χ1) is 7.65. The van der Waals surface area contributed by atoms with Gasteiger partial charge in [-0.1, -0.05) is 18.2 Å². The molecule has 16 heavy (non-hydrogen) atoms. The van der Waals surface area contributed by atoms with Crippen molar-refractivity contribution in [1.29, 1.82) is 0 Å². The third-order valence-electron chi connectivity index (χ3n) is 2.52. The summed E-state index contributed by atoms with van der Waals surface area (Å²) in [6.07, 6.45) is 0. The van der Waals surface area contributed by atoms with Gasteiger partial charge in [0.15, 0.2) is 5.69 Å². The monoisotopic (exact) mass is 215 g/mol. The van der Waals surface area contributed by atoms with Crippen molar-refractivity contribution >= 4 is 22.1 Å². The van der Waals surface area contributed by atoms with Crippen molar-refractivity contribution in [3.05, 3.63) is 46.0 Å². The summed E-state index contributed by atoms with van der Waals surface area (Å²) in [6, 6.07) is 8.07. The molecule has 0 atom stereocenters. The highest BCUT2D eigenvalue weighted by Gasteiger charge is 2.16. The average Bonchev–Trinajstić information content (AvgIpc) is 2.28. The highest BCUT2D eigenvalue weighted by Crippen LogP contribution is 2.32. The number of hydrogen-bond donors (Lipinski definition) is 1. The zero-order valence-corrected chi connectivity index (χ0v) is 8.38. The van der Waals surface area contributed by atoms with E-state index in [9.17, 15) is 15.8 Å². The molecule has 0 aliphatic rings. The van der Waals surface area contributed by atoms with E-state index >= 15 is 0 Å². The lowest BCUT2D eigenvalue weighted by atomic mass is 10.0. The van der Waals surface area contributed by atoms with Crippen molar-refractivity contribution in [1.82, 2.24) is 5.73 Å². The number of nitro benzene ring substituents is 1. The molecule has 0 saturated heterocycles. The number of fused-ring (bicyclic) bond motifs is 1. The number of hydrogen-bond acceptors (Lipinski definition) is 3. The van der Waals surface area contributed by atoms with Crippen molar-refractivity contribution in [2.45, 2.75) is 6.54 Å². The van der Waals surface area contributed by atoms with Gasteiger partial charge >= 0.3 is 0 Å². The van der Waals surface area contributed by atoms with Gasteiger partial charge in [-0.05, 0) is 17.0 Å². The van der Waals surface area contributed by atoms with Crippen molar-refractivity contribution in [3.8, 4) is 0 Å². The second kappa shape index (κ2) is 3.79. The Kier molecular flexibility index (Phi) is 2.46. The van der Waals surface area contributed by atoms with E-state index in [1.54, 1.807) is 18.2 Å². The lowest BCUT2D eigenvalue weighted by molar-refractivity contribution is -0.384. The van der Waals surface area contributed by atoms with E-state index in [1.807, 2.05) is 6.07 Å². The number of nitrogens with two attached hydrogens (primary N) is 1. The fourth-order valence-electron chi connectivity index (χ4n) is 1.72. The molecule has 0 aromatic heterocycles.